The van der Waals surface area contributed by atoms with Crippen LogP contribution < -0.4 is 4.90 Å². The SMILES string of the molecule is Cn1ncc2c(N3CCCC(CCBr)C3)ncnc21. The number of aryl methyl sites for hydroxylation is 1. The summed E-state index contributed by atoms with van der Waals surface area (Å²) < 4.78 is 1.81. The molecule has 5 nitrogen and oxygen atoms in total. The van der Waals surface area contributed by atoms with Crippen LogP contribution in [0.3, 0.4) is 0 Å². The second-order valence-corrected chi connectivity index (χ2v) is 5.93. The lowest BCUT2D eigenvalue weighted by atomic mass is 9.95. The van der Waals surface area contributed by atoms with E-state index in [1.807, 2.05) is 13.2 Å². The molecule has 6 heteroatoms. The van der Waals surface area contributed by atoms with Crippen LogP contribution in [0.15, 0.2) is 12.5 Å². The minimum absolute atomic E-state index is 0.759. The van der Waals surface area contributed by atoms with Gasteiger partial charge in [0.05, 0.1) is 11.6 Å². The molecule has 1 aliphatic rings. The molecule has 1 unspecified atom stereocenters. The van der Waals surface area contributed by atoms with Crippen LogP contribution in [0.1, 0.15) is 19.3 Å². The van der Waals surface area contributed by atoms with E-state index in [2.05, 4.69) is 35.9 Å². The molecule has 0 bridgehead atoms. The van der Waals surface area contributed by atoms with Gasteiger partial charge in [-0.1, -0.05) is 15.9 Å². The van der Waals surface area contributed by atoms with E-state index in [4.69, 9.17) is 0 Å². The Hall–Kier alpha value is -1.17. The largest absolute Gasteiger partial charge is 0.356 e. The molecule has 3 heterocycles. The van der Waals surface area contributed by atoms with Gasteiger partial charge in [0.25, 0.3) is 0 Å². The molecule has 3 rings (SSSR count). The summed E-state index contributed by atoms with van der Waals surface area (Å²) in [6.07, 6.45) is 7.32. The molecule has 2 aromatic rings. The van der Waals surface area contributed by atoms with Crippen molar-refractivity contribution in [3.05, 3.63) is 12.5 Å². The fourth-order valence-electron chi connectivity index (χ4n) is 2.85. The Morgan fingerprint density at radius 1 is 1.42 bits per heavy atom. The predicted molar refractivity (Wildman–Crippen MR) is 79.7 cm³/mol. The molecule has 0 radical (unpaired) electrons. The Balaban J connectivity index is 1.91. The fraction of sp³-hybridized carbons (Fsp3) is 0.615. The Kier molecular flexibility index (Phi) is 3.68. The first-order valence-corrected chi connectivity index (χ1v) is 7.85. The zero-order valence-electron chi connectivity index (χ0n) is 11.1. The summed E-state index contributed by atoms with van der Waals surface area (Å²) in [7, 11) is 1.92. The molecule has 0 N–H and O–H groups in total. The summed E-state index contributed by atoms with van der Waals surface area (Å²) in [5, 5.41) is 6.43. The highest BCUT2D eigenvalue weighted by atomic mass is 79.9. The van der Waals surface area contributed by atoms with Crippen molar-refractivity contribution >= 4 is 32.8 Å². The number of rotatable bonds is 3. The normalized spacial score (nSPS) is 20.1. The standard InChI is InChI=1S/C13H18BrN5/c1-18-12-11(7-17-18)13(16-9-15-12)19-6-2-3-10(8-19)4-5-14/h7,9-10H,2-6,8H2,1H3. The molecule has 1 saturated heterocycles. The van der Waals surface area contributed by atoms with E-state index in [1.54, 1.807) is 11.0 Å². The summed E-state index contributed by atoms with van der Waals surface area (Å²) in [6, 6.07) is 0. The number of hydrogen-bond donors (Lipinski definition) is 0. The van der Waals surface area contributed by atoms with Gasteiger partial charge in [0.15, 0.2) is 5.65 Å². The number of fused-ring (bicyclic) bond motifs is 1. The molecule has 0 amide bonds. The van der Waals surface area contributed by atoms with Gasteiger partial charge in [-0.25, -0.2) is 9.97 Å². The molecule has 19 heavy (non-hydrogen) atoms. The van der Waals surface area contributed by atoms with Crippen LogP contribution in [0.2, 0.25) is 0 Å². The van der Waals surface area contributed by atoms with Gasteiger partial charge < -0.3 is 4.90 Å². The number of hydrogen-bond acceptors (Lipinski definition) is 4. The molecule has 0 aromatic carbocycles. The van der Waals surface area contributed by atoms with Crippen molar-refractivity contribution in [2.24, 2.45) is 13.0 Å². The van der Waals surface area contributed by atoms with Gasteiger partial charge in [0.2, 0.25) is 0 Å². The number of piperidine rings is 1. The lowest BCUT2D eigenvalue weighted by Crippen LogP contribution is -2.36. The van der Waals surface area contributed by atoms with Crippen molar-refractivity contribution in [1.82, 2.24) is 19.7 Å². The summed E-state index contributed by atoms with van der Waals surface area (Å²) >= 11 is 3.55. The Bertz CT molecular complexity index is 565. The third-order valence-electron chi connectivity index (χ3n) is 3.84. The molecule has 1 atom stereocenters. The van der Waals surface area contributed by atoms with Crippen LogP contribution in [-0.4, -0.2) is 38.2 Å². The molecule has 2 aromatic heterocycles. The molecule has 0 aliphatic carbocycles. The van der Waals surface area contributed by atoms with E-state index in [9.17, 15) is 0 Å². The van der Waals surface area contributed by atoms with E-state index in [0.29, 0.717) is 0 Å². The van der Waals surface area contributed by atoms with Gasteiger partial charge in [0, 0.05) is 25.5 Å². The maximum Gasteiger partial charge on any atom is 0.163 e. The summed E-state index contributed by atoms with van der Waals surface area (Å²) in [5.74, 6) is 1.80. The van der Waals surface area contributed by atoms with Crippen molar-refractivity contribution in [1.29, 1.82) is 0 Å². The quantitative estimate of drug-likeness (QED) is 0.813. The Morgan fingerprint density at radius 3 is 3.16 bits per heavy atom. The third kappa shape index (κ3) is 2.45. The molecular weight excluding hydrogens is 306 g/mol. The van der Waals surface area contributed by atoms with E-state index < -0.39 is 0 Å². The monoisotopic (exact) mass is 323 g/mol. The van der Waals surface area contributed by atoms with Crippen molar-refractivity contribution in [3.8, 4) is 0 Å². The van der Waals surface area contributed by atoms with Crippen molar-refractivity contribution in [3.63, 3.8) is 0 Å². The van der Waals surface area contributed by atoms with Crippen LogP contribution in [-0.2, 0) is 7.05 Å². The van der Waals surface area contributed by atoms with Gasteiger partial charge in [-0.05, 0) is 25.2 Å². The van der Waals surface area contributed by atoms with Crippen LogP contribution in [0.4, 0.5) is 5.82 Å². The van der Waals surface area contributed by atoms with Gasteiger partial charge in [-0.15, -0.1) is 0 Å². The topological polar surface area (TPSA) is 46.8 Å². The van der Waals surface area contributed by atoms with E-state index in [1.165, 1.54) is 19.3 Å². The van der Waals surface area contributed by atoms with E-state index >= 15 is 0 Å². The van der Waals surface area contributed by atoms with E-state index in [-0.39, 0.29) is 0 Å². The molecule has 0 spiro atoms. The van der Waals surface area contributed by atoms with Crippen molar-refractivity contribution in [2.45, 2.75) is 19.3 Å². The van der Waals surface area contributed by atoms with Crippen LogP contribution in [0, 0.1) is 5.92 Å². The first-order chi connectivity index (χ1) is 9.29. The maximum atomic E-state index is 4.49. The average molecular weight is 324 g/mol. The van der Waals surface area contributed by atoms with E-state index in [0.717, 1.165) is 41.2 Å². The zero-order chi connectivity index (χ0) is 13.2. The molecule has 1 fully saturated rings. The first kappa shape index (κ1) is 12.8. The van der Waals surface area contributed by atoms with Crippen molar-refractivity contribution in [2.75, 3.05) is 23.3 Å². The van der Waals surface area contributed by atoms with Crippen molar-refractivity contribution < 1.29 is 0 Å². The highest BCUT2D eigenvalue weighted by molar-refractivity contribution is 9.09. The van der Waals surface area contributed by atoms with Crippen LogP contribution >= 0.6 is 15.9 Å². The van der Waals surface area contributed by atoms with Gasteiger partial charge in [0.1, 0.15) is 12.1 Å². The fourth-order valence-corrected chi connectivity index (χ4v) is 3.50. The summed E-state index contributed by atoms with van der Waals surface area (Å²) in [4.78, 5) is 11.2. The average Bonchev–Trinajstić information content (AvgIpc) is 2.81. The van der Waals surface area contributed by atoms with Crippen LogP contribution in [0.25, 0.3) is 11.0 Å². The Morgan fingerprint density at radius 2 is 2.32 bits per heavy atom. The molecule has 102 valence electrons. The first-order valence-electron chi connectivity index (χ1n) is 6.73. The number of aromatic nitrogens is 4. The highest BCUT2D eigenvalue weighted by Gasteiger charge is 2.22. The van der Waals surface area contributed by atoms with Gasteiger partial charge in [-0.2, -0.15) is 5.10 Å². The number of nitrogens with zero attached hydrogens (tertiary/aromatic N) is 5. The predicted octanol–water partition coefficient (Wildman–Crippen LogP) is 2.36. The summed E-state index contributed by atoms with van der Waals surface area (Å²) in [6.45, 7) is 2.17. The minimum atomic E-state index is 0.759. The third-order valence-corrected chi connectivity index (χ3v) is 4.30. The second kappa shape index (κ2) is 5.45. The zero-order valence-corrected chi connectivity index (χ0v) is 12.7. The number of anilines is 1. The van der Waals surface area contributed by atoms with Gasteiger partial charge in [-0.3, -0.25) is 4.68 Å². The lowest BCUT2D eigenvalue weighted by molar-refractivity contribution is 0.406. The smallest absolute Gasteiger partial charge is 0.163 e. The number of alkyl halides is 1. The molecule has 0 saturated carbocycles. The Labute approximate surface area is 121 Å². The number of halogens is 1. The lowest BCUT2D eigenvalue weighted by Gasteiger charge is -2.33. The maximum absolute atomic E-state index is 4.49. The molecular formula is C13H18BrN5. The van der Waals surface area contributed by atoms with Gasteiger partial charge >= 0.3 is 0 Å². The minimum Gasteiger partial charge on any atom is -0.356 e. The highest BCUT2D eigenvalue weighted by Crippen LogP contribution is 2.28. The second-order valence-electron chi connectivity index (χ2n) is 5.13. The molecule has 1 aliphatic heterocycles. The van der Waals surface area contributed by atoms with Crippen LogP contribution in [0.5, 0.6) is 0 Å². The summed E-state index contributed by atoms with van der Waals surface area (Å²) in [5.41, 5.74) is 0.910.